The maximum absolute atomic E-state index is 12.9. The summed E-state index contributed by atoms with van der Waals surface area (Å²) in [5.74, 6) is -2.03. The average Bonchev–Trinajstić information content (AvgIpc) is 2.89. The Kier molecular flexibility index (Phi) is 4.07. The minimum Gasteiger partial charge on any atom is -0.485 e. The molecule has 0 amide bonds. The maximum atomic E-state index is 12.9. The standard InChI is InChI=1S/C11H9FN4O5/c12-7-1-2-10(9(5-7)16(19)20)21-4-3-15-6-8(11(17)18)13-14-15/h1-2,5-6H,3-4H2,(H,17,18). The van der Waals surface area contributed by atoms with Crippen molar-refractivity contribution in [3.63, 3.8) is 0 Å². The second kappa shape index (κ2) is 5.94. The number of hydrogen-bond donors (Lipinski definition) is 1. The fraction of sp³-hybridized carbons (Fsp3) is 0.182. The van der Waals surface area contributed by atoms with Crippen molar-refractivity contribution in [3.8, 4) is 5.75 Å². The molecular formula is C11H9FN4O5. The number of ether oxygens (including phenoxy) is 1. The number of carbonyl (C=O) groups is 1. The lowest BCUT2D eigenvalue weighted by Gasteiger charge is -2.06. The quantitative estimate of drug-likeness (QED) is 0.625. The van der Waals surface area contributed by atoms with Crippen LogP contribution in [0.3, 0.4) is 0 Å². The highest BCUT2D eigenvalue weighted by atomic mass is 19.1. The van der Waals surface area contributed by atoms with Crippen molar-refractivity contribution in [2.45, 2.75) is 6.54 Å². The second-order valence-electron chi connectivity index (χ2n) is 3.89. The summed E-state index contributed by atoms with van der Waals surface area (Å²) >= 11 is 0. The summed E-state index contributed by atoms with van der Waals surface area (Å²) in [6, 6.07) is 2.95. The van der Waals surface area contributed by atoms with Crippen LogP contribution in [0.5, 0.6) is 5.75 Å². The molecule has 0 bridgehead atoms. The van der Waals surface area contributed by atoms with Gasteiger partial charge in [0.25, 0.3) is 0 Å². The number of hydrogen-bond acceptors (Lipinski definition) is 6. The molecule has 0 atom stereocenters. The first-order valence-electron chi connectivity index (χ1n) is 5.67. The van der Waals surface area contributed by atoms with Gasteiger partial charge in [-0.05, 0) is 12.1 Å². The van der Waals surface area contributed by atoms with Crippen molar-refractivity contribution in [2.75, 3.05) is 6.61 Å². The van der Waals surface area contributed by atoms with Crippen LogP contribution in [-0.4, -0.2) is 37.6 Å². The van der Waals surface area contributed by atoms with Gasteiger partial charge in [0.1, 0.15) is 12.4 Å². The molecule has 0 radical (unpaired) electrons. The lowest BCUT2D eigenvalue weighted by atomic mass is 10.3. The zero-order valence-corrected chi connectivity index (χ0v) is 10.5. The molecule has 0 aliphatic heterocycles. The molecule has 0 saturated carbocycles. The number of halogens is 1. The van der Waals surface area contributed by atoms with Crippen LogP contribution in [0, 0.1) is 15.9 Å². The Bertz CT molecular complexity index is 687. The molecule has 0 aliphatic rings. The summed E-state index contributed by atoms with van der Waals surface area (Å²) in [4.78, 5) is 20.6. The van der Waals surface area contributed by atoms with Crippen LogP contribution in [0.1, 0.15) is 10.5 Å². The van der Waals surface area contributed by atoms with E-state index in [1.54, 1.807) is 0 Å². The van der Waals surface area contributed by atoms with E-state index in [0.717, 1.165) is 18.2 Å². The van der Waals surface area contributed by atoms with E-state index in [4.69, 9.17) is 9.84 Å². The molecule has 1 heterocycles. The van der Waals surface area contributed by atoms with Crippen molar-refractivity contribution in [1.82, 2.24) is 15.0 Å². The van der Waals surface area contributed by atoms with Gasteiger partial charge in [-0.1, -0.05) is 5.21 Å². The SMILES string of the molecule is O=C(O)c1cn(CCOc2ccc(F)cc2[N+](=O)[O-])nn1. The van der Waals surface area contributed by atoms with E-state index >= 15 is 0 Å². The molecule has 1 N–H and O–H groups in total. The third kappa shape index (κ3) is 3.49. The van der Waals surface area contributed by atoms with Gasteiger partial charge < -0.3 is 9.84 Å². The van der Waals surface area contributed by atoms with E-state index in [1.165, 1.54) is 10.9 Å². The van der Waals surface area contributed by atoms with Crippen molar-refractivity contribution in [2.24, 2.45) is 0 Å². The molecule has 0 saturated heterocycles. The van der Waals surface area contributed by atoms with Crippen molar-refractivity contribution in [3.05, 3.63) is 46.0 Å². The molecule has 110 valence electrons. The lowest BCUT2D eigenvalue weighted by Crippen LogP contribution is -2.09. The topological polar surface area (TPSA) is 120 Å². The van der Waals surface area contributed by atoms with Gasteiger partial charge in [0.05, 0.1) is 23.7 Å². The predicted octanol–water partition coefficient (Wildman–Crippen LogP) is 1.10. The highest BCUT2D eigenvalue weighted by molar-refractivity contribution is 5.84. The number of carboxylic acids is 1. The Morgan fingerprint density at radius 2 is 2.29 bits per heavy atom. The van der Waals surface area contributed by atoms with E-state index in [-0.39, 0.29) is 24.6 Å². The monoisotopic (exact) mass is 296 g/mol. The molecule has 2 aromatic rings. The van der Waals surface area contributed by atoms with E-state index in [0.29, 0.717) is 0 Å². The molecule has 1 aromatic carbocycles. The molecule has 21 heavy (non-hydrogen) atoms. The zero-order chi connectivity index (χ0) is 15.4. The molecule has 9 nitrogen and oxygen atoms in total. The molecular weight excluding hydrogens is 287 g/mol. The van der Waals surface area contributed by atoms with Gasteiger partial charge in [-0.2, -0.15) is 0 Å². The van der Waals surface area contributed by atoms with Crippen LogP contribution in [0.25, 0.3) is 0 Å². The highest BCUT2D eigenvalue weighted by Crippen LogP contribution is 2.27. The molecule has 0 unspecified atom stereocenters. The number of carboxylic acid groups (broad SMARTS) is 1. The van der Waals surface area contributed by atoms with Crippen LogP contribution in [-0.2, 0) is 6.54 Å². The van der Waals surface area contributed by atoms with Crippen molar-refractivity contribution < 1.29 is 24.0 Å². The first kappa shape index (κ1) is 14.4. The largest absolute Gasteiger partial charge is 0.485 e. The molecule has 1 aromatic heterocycles. The van der Waals surface area contributed by atoms with E-state index < -0.39 is 22.4 Å². The molecule has 0 fully saturated rings. The molecule has 0 spiro atoms. The number of aromatic nitrogens is 3. The third-order valence-corrected chi connectivity index (χ3v) is 2.45. The smallest absolute Gasteiger partial charge is 0.358 e. The number of benzene rings is 1. The van der Waals surface area contributed by atoms with Crippen LogP contribution in [0.2, 0.25) is 0 Å². The van der Waals surface area contributed by atoms with Gasteiger partial charge in [-0.3, -0.25) is 10.1 Å². The zero-order valence-electron chi connectivity index (χ0n) is 10.5. The summed E-state index contributed by atoms with van der Waals surface area (Å²) < 4.78 is 19.3. The molecule has 2 rings (SSSR count). The van der Waals surface area contributed by atoms with Gasteiger partial charge >= 0.3 is 11.7 Å². The Hall–Kier alpha value is -3.04. The summed E-state index contributed by atoms with van der Waals surface area (Å²) in [5, 5.41) is 26.4. The van der Waals surface area contributed by atoms with E-state index in [9.17, 15) is 19.3 Å². The van der Waals surface area contributed by atoms with Crippen molar-refractivity contribution in [1.29, 1.82) is 0 Å². The number of rotatable bonds is 6. The predicted molar refractivity (Wildman–Crippen MR) is 65.5 cm³/mol. The lowest BCUT2D eigenvalue weighted by molar-refractivity contribution is -0.386. The first-order chi connectivity index (χ1) is 9.97. The van der Waals surface area contributed by atoms with Gasteiger partial charge in [0, 0.05) is 0 Å². The average molecular weight is 296 g/mol. The Morgan fingerprint density at radius 3 is 2.90 bits per heavy atom. The minimum atomic E-state index is -1.21. The van der Waals surface area contributed by atoms with Crippen LogP contribution in [0.15, 0.2) is 24.4 Å². The third-order valence-electron chi connectivity index (χ3n) is 2.45. The number of aromatic carboxylic acids is 1. The summed E-state index contributed by atoms with van der Waals surface area (Å²) in [6.45, 7) is 0.115. The van der Waals surface area contributed by atoms with Gasteiger partial charge in [0.2, 0.25) is 0 Å². The van der Waals surface area contributed by atoms with Gasteiger partial charge in [-0.15, -0.1) is 5.10 Å². The van der Waals surface area contributed by atoms with Crippen molar-refractivity contribution >= 4 is 11.7 Å². The summed E-state index contributed by atoms with van der Waals surface area (Å²) in [6.07, 6.45) is 1.20. The van der Waals surface area contributed by atoms with Crippen LogP contribution < -0.4 is 4.74 Å². The maximum Gasteiger partial charge on any atom is 0.358 e. The summed E-state index contributed by atoms with van der Waals surface area (Å²) in [5.41, 5.74) is -0.706. The van der Waals surface area contributed by atoms with Crippen LogP contribution in [0.4, 0.5) is 10.1 Å². The number of nitro benzene ring substituents is 1. The van der Waals surface area contributed by atoms with E-state index in [1.807, 2.05) is 0 Å². The Morgan fingerprint density at radius 1 is 1.52 bits per heavy atom. The fourth-order valence-corrected chi connectivity index (χ4v) is 1.51. The molecule has 10 heteroatoms. The summed E-state index contributed by atoms with van der Waals surface area (Å²) in [7, 11) is 0. The fourth-order valence-electron chi connectivity index (χ4n) is 1.51. The molecule has 0 aliphatic carbocycles. The van der Waals surface area contributed by atoms with Gasteiger partial charge in [0.15, 0.2) is 11.4 Å². The normalized spacial score (nSPS) is 10.3. The number of nitrogens with zero attached hydrogens (tertiary/aromatic N) is 4. The highest BCUT2D eigenvalue weighted by Gasteiger charge is 2.16. The van der Waals surface area contributed by atoms with E-state index in [2.05, 4.69) is 10.3 Å². The second-order valence-corrected chi connectivity index (χ2v) is 3.89. The minimum absolute atomic E-state index is 0.0190. The van der Waals surface area contributed by atoms with Gasteiger partial charge in [-0.25, -0.2) is 13.9 Å². The first-order valence-corrected chi connectivity index (χ1v) is 5.67. The Balaban J connectivity index is 2.00. The Labute approximate surface area is 116 Å². The number of nitro groups is 1. The van der Waals surface area contributed by atoms with Crippen LogP contribution >= 0.6 is 0 Å².